The average Bonchev–Trinajstić information content (AvgIpc) is 2.60. The highest BCUT2D eigenvalue weighted by atomic mass is 15.1. The number of likely N-dealkylation sites (tertiary alicyclic amines) is 1. The highest BCUT2D eigenvalue weighted by Gasteiger charge is 2.50. The van der Waals surface area contributed by atoms with Crippen molar-refractivity contribution < 1.29 is 0 Å². The number of benzene rings is 1. The predicted octanol–water partition coefficient (Wildman–Crippen LogP) is 5.47. The molecule has 4 saturated carbocycles. The largest absolute Gasteiger partial charge is 0.303 e. The van der Waals surface area contributed by atoms with E-state index in [0.717, 1.165) is 29.1 Å². The third-order valence-corrected chi connectivity index (χ3v) is 7.98. The molecule has 0 amide bonds. The summed E-state index contributed by atoms with van der Waals surface area (Å²) in [6, 6.07) is 11.2. The minimum atomic E-state index is 0.769. The van der Waals surface area contributed by atoms with E-state index in [1.165, 1.54) is 38.9 Å². The second-order valence-electron chi connectivity index (χ2n) is 9.69. The summed E-state index contributed by atoms with van der Waals surface area (Å²) in [5, 5.41) is 0. The topological polar surface area (TPSA) is 3.24 Å². The van der Waals surface area contributed by atoms with Gasteiger partial charge in [-0.2, -0.15) is 0 Å². The van der Waals surface area contributed by atoms with E-state index in [-0.39, 0.29) is 0 Å². The van der Waals surface area contributed by atoms with Crippen molar-refractivity contribution in [2.45, 2.75) is 63.7 Å². The highest BCUT2D eigenvalue weighted by Crippen LogP contribution is 2.61. The van der Waals surface area contributed by atoms with E-state index in [1.807, 2.05) is 0 Å². The van der Waals surface area contributed by atoms with Crippen LogP contribution in [0.5, 0.6) is 0 Å². The lowest BCUT2D eigenvalue weighted by atomic mass is 9.49. The highest BCUT2D eigenvalue weighted by molar-refractivity contribution is 5.20. The SMILES string of the molecule is c1ccc(C2CCN(CCC34CC5CC(CC(C5)C3)C4)CC2)cc1. The summed E-state index contributed by atoms with van der Waals surface area (Å²) in [4.78, 5) is 2.79. The zero-order chi connectivity index (χ0) is 16.0. The molecule has 1 aliphatic heterocycles. The molecule has 1 aromatic rings. The van der Waals surface area contributed by atoms with Crippen molar-refractivity contribution in [1.82, 2.24) is 4.90 Å². The van der Waals surface area contributed by atoms with Gasteiger partial charge >= 0.3 is 0 Å². The fraction of sp³-hybridized carbons (Fsp3) is 0.739. The quantitative estimate of drug-likeness (QED) is 0.710. The molecule has 1 heterocycles. The summed E-state index contributed by atoms with van der Waals surface area (Å²) < 4.78 is 0. The van der Waals surface area contributed by atoms with Crippen LogP contribution in [-0.2, 0) is 0 Å². The number of hydrogen-bond acceptors (Lipinski definition) is 1. The average molecular weight is 324 g/mol. The van der Waals surface area contributed by atoms with Crippen LogP contribution in [0.1, 0.15) is 69.3 Å². The summed E-state index contributed by atoms with van der Waals surface area (Å²) in [5.74, 6) is 4.14. The lowest BCUT2D eigenvalue weighted by Gasteiger charge is -2.57. The standard InChI is InChI=1S/C23H33N/c1-2-4-21(5-3-1)22-6-9-24(10-7-22)11-8-23-15-18-12-19(16-23)14-20(13-18)17-23/h1-5,18-20,22H,6-17H2. The smallest absolute Gasteiger partial charge is 0.00129 e. The van der Waals surface area contributed by atoms with Crippen LogP contribution in [0.4, 0.5) is 0 Å². The van der Waals surface area contributed by atoms with Gasteiger partial charge in [-0.1, -0.05) is 30.3 Å². The Kier molecular flexibility index (Phi) is 3.96. The second-order valence-corrected chi connectivity index (χ2v) is 9.69. The lowest BCUT2D eigenvalue weighted by Crippen LogP contribution is -2.47. The van der Waals surface area contributed by atoms with Crippen LogP contribution in [0, 0.1) is 23.2 Å². The molecular weight excluding hydrogens is 290 g/mol. The molecule has 0 N–H and O–H groups in total. The van der Waals surface area contributed by atoms with E-state index in [9.17, 15) is 0 Å². The van der Waals surface area contributed by atoms with Gasteiger partial charge in [0.25, 0.3) is 0 Å². The number of piperidine rings is 1. The second kappa shape index (κ2) is 6.16. The normalized spacial score (nSPS) is 39.4. The van der Waals surface area contributed by atoms with Gasteiger partial charge in [0.05, 0.1) is 0 Å². The third kappa shape index (κ3) is 2.94. The first-order chi connectivity index (χ1) is 11.8. The molecule has 5 fully saturated rings. The molecule has 130 valence electrons. The molecule has 1 saturated heterocycles. The molecule has 1 nitrogen and oxygen atoms in total. The van der Waals surface area contributed by atoms with Crippen molar-refractivity contribution in [3.05, 3.63) is 35.9 Å². The molecule has 24 heavy (non-hydrogen) atoms. The monoisotopic (exact) mass is 323 g/mol. The van der Waals surface area contributed by atoms with E-state index >= 15 is 0 Å². The Morgan fingerprint density at radius 1 is 0.833 bits per heavy atom. The Bertz CT molecular complexity index is 519. The van der Waals surface area contributed by atoms with Crippen LogP contribution in [-0.4, -0.2) is 24.5 Å². The Morgan fingerprint density at radius 2 is 1.42 bits per heavy atom. The maximum atomic E-state index is 2.79. The van der Waals surface area contributed by atoms with E-state index < -0.39 is 0 Å². The summed E-state index contributed by atoms with van der Waals surface area (Å²) in [7, 11) is 0. The van der Waals surface area contributed by atoms with Gasteiger partial charge in [0, 0.05) is 0 Å². The van der Waals surface area contributed by atoms with Crippen molar-refractivity contribution in [2.75, 3.05) is 19.6 Å². The molecule has 4 bridgehead atoms. The Hall–Kier alpha value is -0.820. The van der Waals surface area contributed by atoms with Crippen molar-refractivity contribution in [3.63, 3.8) is 0 Å². The fourth-order valence-electron chi connectivity index (χ4n) is 7.21. The van der Waals surface area contributed by atoms with Gasteiger partial charge in [0.1, 0.15) is 0 Å². The fourth-order valence-corrected chi connectivity index (χ4v) is 7.21. The van der Waals surface area contributed by atoms with Gasteiger partial charge in [-0.15, -0.1) is 0 Å². The van der Waals surface area contributed by atoms with E-state index in [0.29, 0.717) is 0 Å². The summed E-state index contributed by atoms with van der Waals surface area (Å²) in [6.45, 7) is 4.03. The molecule has 4 aliphatic carbocycles. The summed E-state index contributed by atoms with van der Waals surface area (Å²) >= 11 is 0. The maximum Gasteiger partial charge on any atom is -0.00129 e. The van der Waals surface area contributed by atoms with Crippen LogP contribution in [0.2, 0.25) is 0 Å². The molecule has 0 radical (unpaired) electrons. The van der Waals surface area contributed by atoms with Crippen LogP contribution in [0.3, 0.4) is 0 Å². The van der Waals surface area contributed by atoms with Crippen LogP contribution in [0.25, 0.3) is 0 Å². The first kappa shape index (κ1) is 15.4. The van der Waals surface area contributed by atoms with Crippen LogP contribution < -0.4 is 0 Å². The molecule has 6 rings (SSSR count). The zero-order valence-electron chi connectivity index (χ0n) is 15.1. The molecule has 0 atom stereocenters. The Balaban J connectivity index is 1.15. The Morgan fingerprint density at radius 3 is 2.00 bits per heavy atom. The lowest BCUT2D eigenvalue weighted by molar-refractivity contribution is -0.0616. The van der Waals surface area contributed by atoms with Crippen LogP contribution >= 0.6 is 0 Å². The van der Waals surface area contributed by atoms with Crippen molar-refractivity contribution in [3.8, 4) is 0 Å². The van der Waals surface area contributed by atoms with Gasteiger partial charge in [-0.25, -0.2) is 0 Å². The third-order valence-electron chi connectivity index (χ3n) is 7.98. The van der Waals surface area contributed by atoms with E-state index in [2.05, 4.69) is 35.2 Å². The van der Waals surface area contributed by atoms with Gasteiger partial charge in [0.2, 0.25) is 0 Å². The zero-order valence-corrected chi connectivity index (χ0v) is 15.1. The Labute approximate surface area is 147 Å². The van der Waals surface area contributed by atoms with E-state index in [4.69, 9.17) is 0 Å². The molecule has 0 aromatic heterocycles. The molecule has 0 unspecified atom stereocenters. The van der Waals surface area contributed by atoms with Crippen molar-refractivity contribution >= 4 is 0 Å². The maximum absolute atomic E-state index is 2.79. The molecule has 1 aromatic carbocycles. The number of rotatable bonds is 4. The first-order valence-electron chi connectivity index (χ1n) is 10.6. The van der Waals surface area contributed by atoms with Gasteiger partial charge in [-0.3, -0.25) is 0 Å². The van der Waals surface area contributed by atoms with Gasteiger partial charge in [0.15, 0.2) is 0 Å². The van der Waals surface area contributed by atoms with E-state index in [1.54, 1.807) is 44.1 Å². The van der Waals surface area contributed by atoms with Gasteiger partial charge < -0.3 is 4.90 Å². The molecule has 1 heteroatoms. The first-order valence-corrected chi connectivity index (χ1v) is 10.6. The van der Waals surface area contributed by atoms with Crippen molar-refractivity contribution in [2.24, 2.45) is 23.2 Å². The number of hydrogen-bond donors (Lipinski definition) is 0. The van der Waals surface area contributed by atoms with Crippen molar-refractivity contribution in [1.29, 1.82) is 0 Å². The predicted molar refractivity (Wildman–Crippen MR) is 100 cm³/mol. The van der Waals surface area contributed by atoms with Gasteiger partial charge in [-0.05, 0) is 112 Å². The number of nitrogens with zero attached hydrogens (tertiary/aromatic N) is 1. The summed E-state index contributed by atoms with van der Waals surface area (Å²) in [5.41, 5.74) is 2.34. The molecular formula is C23H33N. The minimum Gasteiger partial charge on any atom is -0.303 e. The minimum absolute atomic E-state index is 0.769. The summed E-state index contributed by atoms with van der Waals surface area (Å²) in [6.07, 6.45) is 13.7. The molecule has 5 aliphatic rings. The van der Waals surface area contributed by atoms with Crippen LogP contribution in [0.15, 0.2) is 30.3 Å². The molecule has 0 spiro atoms.